The predicted molar refractivity (Wildman–Crippen MR) is 92.3 cm³/mol. The van der Waals surface area contributed by atoms with E-state index in [4.69, 9.17) is 9.47 Å². The van der Waals surface area contributed by atoms with E-state index in [-0.39, 0.29) is 24.9 Å². The molecule has 0 fully saturated rings. The number of carbonyl (C=O) groups is 1. The number of likely N-dealkylation sites (N-methyl/N-ethyl adjacent to an activating group) is 1. The monoisotopic (exact) mass is 365 g/mol. The van der Waals surface area contributed by atoms with E-state index in [1.165, 1.54) is 31.5 Å². The largest absolute Gasteiger partial charge is 0.493 e. The van der Waals surface area contributed by atoms with Crippen molar-refractivity contribution in [2.75, 3.05) is 20.8 Å². The summed E-state index contributed by atoms with van der Waals surface area (Å²) in [6.45, 7) is 0.687. The van der Waals surface area contributed by atoms with Crippen molar-refractivity contribution in [3.63, 3.8) is 0 Å². The zero-order valence-corrected chi connectivity index (χ0v) is 14.7. The van der Waals surface area contributed by atoms with Gasteiger partial charge >= 0.3 is 6.55 Å². The minimum absolute atomic E-state index is 0.0467. The van der Waals surface area contributed by atoms with Crippen LogP contribution in [0.25, 0.3) is 0 Å². The van der Waals surface area contributed by atoms with Crippen molar-refractivity contribution in [2.24, 2.45) is 0 Å². The highest BCUT2D eigenvalue weighted by Crippen LogP contribution is 2.28. The number of halogens is 2. The van der Waals surface area contributed by atoms with Gasteiger partial charge in [-0.3, -0.25) is 9.36 Å². The lowest BCUT2D eigenvalue weighted by Gasteiger charge is -2.18. The maximum atomic E-state index is 12.8. The summed E-state index contributed by atoms with van der Waals surface area (Å²) < 4.78 is 37.2. The number of hydrogen-bond donors (Lipinski definition) is 0. The van der Waals surface area contributed by atoms with Crippen molar-refractivity contribution >= 4 is 5.91 Å². The third-order valence-electron chi connectivity index (χ3n) is 3.72. The topological polar surface area (TPSA) is 56.6 Å². The quantitative estimate of drug-likeness (QED) is 0.641. The smallest absolute Gasteiger partial charge is 0.319 e. The fraction of sp³-hybridized carbons (Fsp3) is 0.333. The van der Waals surface area contributed by atoms with E-state index < -0.39 is 6.55 Å². The Hall–Kier alpha value is -2.90. The molecule has 0 N–H and O–H groups in total. The molecule has 0 radical (unpaired) electrons. The van der Waals surface area contributed by atoms with Crippen molar-refractivity contribution < 1.29 is 23.0 Å². The number of allylic oxidation sites excluding steroid dienone is 1. The summed E-state index contributed by atoms with van der Waals surface area (Å²) in [7, 11) is 3.01. The Kier molecular flexibility index (Phi) is 6.71. The van der Waals surface area contributed by atoms with Crippen LogP contribution >= 0.6 is 0 Å². The van der Waals surface area contributed by atoms with Crippen LogP contribution < -0.4 is 9.47 Å². The summed E-state index contributed by atoms with van der Waals surface area (Å²) in [5.41, 5.74) is 1.01. The highest BCUT2D eigenvalue weighted by Gasteiger charge is 2.17. The van der Waals surface area contributed by atoms with Gasteiger partial charge < -0.3 is 14.4 Å². The Morgan fingerprint density at radius 3 is 2.85 bits per heavy atom. The number of benzene rings is 1. The molecule has 0 unspecified atom stereocenters. The second kappa shape index (κ2) is 8.98. The van der Waals surface area contributed by atoms with E-state index >= 15 is 0 Å². The summed E-state index contributed by atoms with van der Waals surface area (Å²) in [5.74, 6) is 0.664. The lowest BCUT2D eigenvalue weighted by Crippen LogP contribution is -2.32. The molecule has 1 heterocycles. The fourth-order valence-corrected chi connectivity index (χ4v) is 2.32. The van der Waals surface area contributed by atoms with Crippen molar-refractivity contribution in [3.8, 4) is 11.5 Å². The van der Waals surface area contributed by atoms with Crippen LogP contribution in [0.15, 0.2) is 43.2 Å². The van der Waals surface area contributed by atoms with Crippen LogP contribution in [0, 0.1) is 0 Å². The molecule has 1 aromatic heterocycles. The molecule has 0 spiro atoms. The maximum absolute atomic E-state index is 12.8. The van der Waals surface area contributed by atoms with Crippen molar-refractivity contribution in [3.05, 3.63) is 54.6 Å². The molecule has 1 amide bonds. The van der Waals surface area contributed by atoms with Gasteiger partial charge in [0.2, 0.25) is 0 Å². The van der Waals surface area contributed by atoms with Crippen LogP contribution in [-0.4, -0.2) is 41.1 Å². The fourth-order valence-electron chi connectivity index (χ4n) is 2.32. The molecule has 0 aliphatic heterocycles. The average molecular weight is 365 g/mol. The van der Waals surface area contributed by atoms with Crippen molar-refractivity contribution in [2.45, 2.75) is 19.5 Å². The average Bonchev–Trinajstić information content (AvgIpc) is 3.08. The lowest BCUT2D eigenvalue weighted by atomic mass is 10.1. The molecule has 26 heavy (non-hydrogen) atoms. The Bertz CT molecular complexity index is 762. The number of amides is 1. The number of hydrogen-bond acceptors (Lipinski definition) is 4. The first-order valence-corrected chi connectivity index (χ1v) is 7.90. The Morgan fingerprint density at radius 2 is 2.19 bits per heavy atom. The maximum Gasteiger partial charge on any atom is 0.319 e. The van der Waals surface area contributed by atoms with E-state index in [1.807, 2.05) is 12.1 Å². The molecule has 140 valence electrons. The SMILES string of the molecule is C=CCc1ccc(OCC(=O)N(C)Cc2nccn2C(F)F)c(OC)c1. The molecule has 8 heteroatoms. The van der Waals surface area contributed by atoms with Crippen LogP contribution in [0.4, 0.5) is 8.78 Å². The summed E-state index contributed by atoms with van der Waals surface area (Å²) >= 11 is 0. The molecule has 0 bridgehead atoms. The summed E-state index contributed by atoms with van der Waals surface area (Å²) in [5, 5.41) is 0. The number of imidazole rings is 1. The second-order valence-electron chi connectivity index (χ2n) is 5.54. The zero-order valence-electron chi connectivity index (χ0n) is 14.7. The Balaban J connectivity index is 1.97. The molecule has 2 rings (SSSR count). The lowest BCUT2D eigenvalue weighted by molar-refractivity contribution is -0.132. The molecule has 0 saturated carbocycles. The van der Waals surface area contributed by atoms with Gasteiger partial charge in [-0.15, -0.1) is 6.58 Å². The van der Waals surface area contributed by atoms with Gasteiger partial charge in [-0.05, 0) is 24.1 Å². The zero-order chi connectivity index (χ0) is 19.1. The number of carbonyl (C=O) groups excluding carboxylic acids is 1. The van der Waals surface area contributed by atoms with Gasteiger partial charge in [0.15, 0.2) is 18.1 Å². The van der Waals surface area contributed by atoms with E-state index in [2.05, 4.69) is 11.6 Å². The van der Waals surface area contributed by atoms with E-state index in [0.717, 1.165) is 5.56 Å². The standard InChI is InChI=1S/C18H21F2N3O3/c1-4-5-13-6-7-14(15(10-13)25-3)26-12-17(24)22(2)11-16-21-8-9-23(16)18(19)20/h4,6-10,18H,1,5,11-12H2,2-3H3. The number of aromatic nitrogens is 2. The molecule has 2 aromatic rings. The molecule has 0 aliphatic rings. The Labute approximate surface area is 150 Å². The van der Waals surface area contributed by atoms with Gasteiger partial charge in [-0.1, -0.05) is 12.1 Å². The van der Waals surface area contributed by atoms with Gasteiger partial charge in [-0.2, -0.15) is 8.78 Å². The molecule has 0 saturated heterocycles. The molecule has 0 aliphatic carbocycles. The third kappa shape index (κ3) is 4.81. The first-order chi connectivity index (χ1) is 12.5. The number of ether oxygens (including phenoxy) is 2. The molecular formula is C18H21F2N3O3. The van der Waals surface area contributed by atoms with E-state index in [1.54, 1.807) is 12.1 Å². The summed E-state index contributed by atoms with van der Waals surface area (Å²) in [6.07, 6.45) is 4.91. The van der Waals surface area contributed by atoms with E-state index in [9.17, 15) is 13.6 Å². The molecule has 1 aromatic carbocycles. The van der Waals surface area contributed by atoms with Gasteiger partial charge in [0, 0.05) is 19.4 Å². The van der Waals surface area contributed by atoms with Gasteiger partial charge in [0.05, 0.1) is 13.7 Å². The van der Waals surface area contributed by atoms with E-state index in [0.29, 0.717) is 22.5 Å². The molecule has 6 nitrogen and oxygen atoms in total. The number of rotatable bonds is 9. The third-order valence-corrected chi connectivity index (χ3v) is 3.72. The van der Waals surface area contributed by atoms with Gasteiger partial charge in [0.25, 0.3) is 5.91 Å². The predicted octanol–water partition coefficient (Wildman–Crippen LogP) is 3.05. The second-order valence-corrected chi connectivity index (χ2v) is 5.54. The minimum atomic E-state index is -2.70. The first kappa shape index (κ1) is 19.4. The highest BCUT2D eigenvalue weighted by atomic mass is 19.3. The van der Waals surface area contributed by atoms with Crippen LogP contribution in [0.2, 0.25) is 0 Å². The van der Waals surface area contributed by atoms with Crippen molar-refractivity contribution in [1.29, 1.82) is 0 Å². The first-order valence-electron chi connectivity index (χ1n) is 7.90. The summed E-state index contributed by atoms with van der Waals surface area (Å²) in [4.78, 5) is 17.3. The number of alkyl halides is 2. The Morgan fingerprint density at radius 1 is 1.42 bits per heavy atom. The highest BCUT2D eigenvalue weighted by molar-refractivity contribution is 5.77. The molecular weight excluding hydrogens is 344 g/mol. The van der Waals surface area contributed by atoms with Crippen LogP contribution in [-0.2, 0) is 17.8 Å². The van der Waals surface area contributed by atoms with Crippen molar-refractivity contribution in [1.82, 2.24) is 14.5 Å². The normalized spacial score (nSPS) is 10.7. The number of nitrogens with zero attached hydrogens (tertiary/aromatic N) is 3. The molecule has 0 atom stereocenters. The van der Waals surface area contributed by atoms with Crippen LogP contribution in [0.5, 0.6) is 11.5 Å². The van der Waals surface area contributed by atoms with Crippen LogP contribution in [0.1, 0.15) is 17.9 Å². The van der Waals surface area contributed by atoms with Gasteiger partial charge in [0.1, 0.15) is 5.82 Å². The minimum Gasteiger partial charge on any atom is -0.493 e. The number of methoxy groups -OCH3 is 1. The summed E-state index contributed by atoms with van der Waals surface area (Å²) in [6, 6.07) is 5.38. The van der Waals surface area contributed by atoms with Crippen LogP contribution in [0.3, 0.4) is 0 Å². The van der Waals surface area contributed by atoms with Gasteiger partial charge in [-0.25, -0.2) is 4.98 Å².